The van der Waals surface area contributed by atoms with Crippen LogP contribution in [0.1, 0.15) is 13.3 Å². The van der Waals surface area contributed by atoms with Crippen LogP contribution < -0.4 is 5.32 Å². The molecule has 0 fully saturated rings. The number of carbonyl (C=O) groups excluding carboxylic acids is 1. The standard InChI is InChI=1S/C9H15F3N2O4/c1-8(18,6(15)16)5-13-7(17)14(2)4-3-9(10,11)12/h18H,3-5H2,1-2H3,(H,13,17)(H,15,16). The van der Waals surface area contributed by atoms with E-state index >= 15 is 0 Å². The molecule has 18 heavy (non-hydrogen) atoms. The van der Waals surface area contributed by atoms with E-state index < -0.39 is 43.3 Å². The maximum Gasteiger partial charge on any atom is 0.390 e. The van der Waals surface area contributed by atoms with Crippen LogP contribution in [0, 0.1) is 0 Å². The molecule has 3 N–H and O–H groups in total. The van der Waals surface area contributed by atoms with E-state index in [4.69, 9.17) is 5.11 Å². The van der Waals surface area contributed by atoms with Crippen LogP contribution in [-0.2, 0) is 4.79 Å². The van der Waals surface area contributed by atoms with Crippen LogP contribution in [0.2, 0.25) is 0 Å². The lowest BCUT2D eigenvalue weighted by Crippen LogP contribution is -2.49. The Kier molecular flexibility index (Phi) is 5.40. The number of carboxylic acid groups (broad SMARTS) is 1. The lowest BCUT2D eigenvalue weighted by atomic mass is 10.1. The van der Waals surface area contributed by atoms with E-state index in [9.17, 15) is 27.9 Å². The summed E-state index contributed by atoms with van der Waals surface area (Å²) >= 11 is 0. The van der Waals surface area contributed by atoms with Gasteiger partial charge < -0.3 is 20.4 Å². The predicted octanol–water partition coefficient (Wildman–Crippen LogP) is 0.416. The van der Waals surface area contributed by atoms with E-state index in [1.807, 2.05) is 5.32 Å². The SMILES string of the molecule is CN(CCC(F)(F)F)C(=O)NCC(C)(O)C(=O)O. The highest BCUT2D eigenvalue weighted by atomic mass is 19.4. The summed E-state index contributed by atoms with van der Waals surface area (Å²) in [7, 11) is 1.14. The van der Waals surface area contributed by atoms with Crippen molar-refractivity contribution in [2.24, 2.45) is 0 Å². The number of amides is 2. The molecule has 0 aliphatic rings. The van der Waals surface area contributed by atoms with E-state index in [1.54, 1.807) is 0 Å². The first-order chi connectivity index (χ1) is 7.96. The monoisotopic (exact) mass is 272 g/mol. The van der Waals surface area contributed by atoms with Gasteiger partial charge in [0.05, 0.1) is 13.0 Å². The molecule has 0 radical (unpaired) electrons. The van der Waals surface area contributed by atoms with Gasteiger partial charge in [0, 0.05) is 13.6 Å². The van der Waals surface area contributed by atoms with Gasteiger partial charge in [0.25, 0.3) is 0 Å². The molecule has 2 amide bonds. The lowest BCUT2D eigenvalue weighted by Gasteiger charge is -2.22. The second-order valence-corrected chi connectivity index (χ2v) is 4.02. The molecule has 0 aliphatic heterocycles. The Hall–Kier alpha value is -1.51. The molecule has 0 rings (SSSR count). The molecule has 106 valence electrons. The van der Waals surface area contributed by atoms with Crippen LogP contribution in [0.5, 0.6) is 0 Å². The van der Waals surface area contributed by atoms with Crippen molar-refractivity contribution in [1.82, 2.24) is 10.2 Å². The number of alkyl halides is 3. The molecule has 0 bridgehead atoms. The maximum absolute atomic E-state index is 11.9. The molecule has 6 nitrogen and oxygen atoms in total. The first-order valence-electron chi connectivity index (χ1n) is 4.97. The van der Waals surface area contributed by atoms with Gasteiger partial charge in [0.1, 0.15) is 0 Å². The van der Waals surface area contributed by atoms with E-state index in [1.165, 1.54) is 0 Å². The van der Waals surface area contributed by atoms with Crippen LogP contribution in [0.4, 0.5) is 18.0 Å². The first-order valence-corrected chi connectivity index (χ1v) is 4.97. The van der Waals surface area contributed by atoms with Crippen LogP contribution in [-0.4, -0.2) is 59.0 Å². The van der Waals surface area contributed by atoms with Gasteiger partial charge in [0.2, 0.25) is 0 Å². The van der Waals surface area contributed by atoms with Gasteiger partial charge in [-0.15, -0.1) is 0 Å². The van der Waals surface area contributed by atoms with Crippen molar-refractivity contribution in [3.05, 3.63) is 0 Å². The number of halogens is 3. The average molecular weight is 272 g/mol. The molecule has 1 unspecified atom stereocenters. The highest BCUT2D eigenvalue weighted by Crippen LogP contribution is 2.19. The number of nitrogens with one attached hydrogen (secondary N) is 1. The molecule has 0 aromatic rings. The molecule has 0 spiro atoms. The third-order valence-electron chi connectivity index (χ3n) is 2.12. The molecule has 0 aliphatic carbocycles. The smallest absolute Gasteiger partial charge is 0.390 e. The second kappa shape index (κ2) is 5.89. The summed E-state index contributed by atoms with van der Waals surface area (Å²) in [5.74, 6) is -1.54. The number of urea groups is 1. The fourth-order valence-electron chi connectivity index (χ4n) is 0.854. The van der Waals surface area contributed by atoms with Gasteiger partial charge in [-0.05, 0) is 6.92 Å². The summed E-state index contributed by atoms with van der Waals surface area (Å²) in [6.07, 6.45) is -5.53. The molecule has 0 aromatic heterocycles. The van der Waals surface area contributed by atoms with Gasteiger partial charge in [-0.3, -0.25) is 0 Å². The Bertz CT molecular complexity index is 317. The van der Waals surface area contributed by atoms with E-state index in [0.717, 1.165) is 18.9 Å². The number of nitrogens with zero attached hydrogens (tertiary/aromatic N) is 1. The van der Waals surface area contributed by atoms with Crippen molar-refractivity contribution in [1.29, 1.82) is 0 Å². The fraction of sp³-hybridized carbons (Fsp3) is 0.778. The maximum atomic E-state index is 11.9. The zero-order chi connectivity index (χ0) is 14.6. The Morgan fingerprint density at radius 1 is 1.33 bits per heavy atom. The molecular weight excluding hydrogens is 257 g/mol. The van der Waals surface area contributed by atoms with E-state index in [2.05, 4.69) is 0 Å². The molecule has 0 saturated carbocycles. The number of aliphatic carboxylic acids is 1. The van der Waals surface area contributed by atoms with Crippen LogP contribution in [0.15, 0.2) is 0 Å². The number of hydrogen-bond donors (Lipinski definition) is 3. The quantitative estimate of drug-likeness (QED) is 0.676. The minimum atomic E-state index is -4.37. The Labute approximate surface area is 101 Å². The molecule has 0 aromatic carbocycles. The van der Waals surface area contributed by atoms with Crippen LogP contribution in [0.25, 0.3) is 0 Å². The number of aliphatic hydroxyl groups is 1. The van der Waals surface area contributed by atoms with Crippen molar-refractivity contribution in [3.63, 3.8) is 0 Å². The van der Waals surface area contributed by atoms with Crippen molar-refractivity contribution < 1.29 is 33.0 Å². The molecule has 0 heterocycles. The van der Waals surface area contributed by atoms with Crippen LogP contribution in [0.3, 0.4) is 0 Å². The van der Waals surface area contributed by atoms with Crippen molar-refractivity contribution in [2.75, 3.05) is 20.1 Å². The summed E-state index contributed by atoms with van der Waals surface area (Å²) in [5, 5.41) is 19.8. The Balaban J connectivity index is 4.14. The number of hydrogen-bond acceptors (Lipinski definition) is 3. The lowest BCUT2D eigenvalue weighted by molar-refractivity contribution is -0.155. The average Bonchev–Trinajstić information content (AvgIpc) is 2.21. The number of carboxylic acids is 1. The number of carbonyl (C=O) groups is 2. The van der Waals surface area contributed by atoms with Gasteiger partial charge in [-0.2, -0.15) is 13.2 Å². The van der Waals surface area contributed by atoms with Crippen molar-refractivity contribution in [2.45, 2.75) is 25.1 Å². The van der Waals surface area contributed by atoms with Gasteiger partial charge >= 0.3 is 18.2 Å². The summed E-state index contributed by atoms with van der Waals surface area (Å²) in [5.41, 5.74) is -2.17. The Morgan fingerprint density at radius 2 is 1.83 bits per heavy atom. The largest absolute Gasteiger partial charge is 0.479 e. The molecule has 0 saturated heterocycles. The predicted molar refractivity (Wildman–Crippen MR) is 55.0 cm³/mol. The van der Waals surface area contributed by atoms with Gasteiger partial charge in [-0.25, -0.2) is 9.59 Å². The Morgan fingerprint density at radius 3 is 2.22 bits per heavy atom. The van der Waals surface area contributed by atoms with E-state index in [0.29, 0.717) is 0 Å². The van der Waals surface area contributed by atoms with Crippen molar-refractivity contribution >= 4 is 12.0 Å². The zero-order valence-corrected chi connectivity index (χ0v) is 9.91. The normalized spacial score (nSPS) is 14.8. The topological polar surface area (TPSA) is 89.9 Å². The van der Waals surface area contributed by atoms with Crippen LogP contribution >= 0.6 is 0 Å². The van der Waals surface area contributed by atoms with Gasteiger partial charge in [-0.1, -0.05) is 0 Å². The molecular formula is C9H15F3N2O4. The fourth-order valence-corrected chi connectivity index (χ4v) is 0.854. The third-order valence-corrected chi connectivity index (χ3v) is 2.12. The zero-order valence-electron chi connectivity index (χ0n) is 9.91. The molecule has 1 atom stereocenters. The molecule has 9 heteroatoms. The summed E-state index contributed by atoms with van der Waals surface area (Å²) in [6, 6.07) is -0.888. The van der Waals surface area contributed by atoms with Gasteiger partial charge in [0.15, 0.2) is 5.60 Å². The highest BCUT2D eigenvalue weighted by molar-refractivity contribution is 5.79. The summed E-state index contributed by atoms with van der Waals surface area (Å²) in [4.78, 5) is 22.5. The summed E-state index contributed by atoms with van der Waals surface area (Å²) in [6.45, 7) is -0.187. The van der Waals surface area contributed by atoms with Crippen molar-refractivity contribution in [3.8, 4) is 0 Å². The highest BCUT2D eigenvalue weighted by Gasteiger charge is 2.31. The third kappa shape index (κ3) is 6.28. The number of rotatable bonds is 5. The minimum Gasteiger partial charge on any atom is -0.479 e. The minimum absolute atomic E-state index is 0.551. The first kappa shape index (κ1) is 16.5. The second-order valence-electron chi connectivity index (χ2n) is 4.02. The van der Waals surface area contributed by atoms with E-state index in [-0.39, 0.29) is 0 Å². The summed E-state index contributed by atoms with van der Waals surface area (Å²) < 4.78 is 35.7.